The highest BCUT2D eigenvalue weighted by Crippen LogP contribution is 2.36. The van der Waals surface area contributed by atoms with E-state index in [9.17, 15) is 18.0 Å². The maximum absolute atomic E-state index is 14.1. The van der Waals surface area contributed by atoms with Crippen LogP contribution in [0.3, 0.4) is 0 Å². The van der Waals surface area contributed by atoms with Gasteiger partial charge in [0.05, 0.1) is 20.6 Å². The zero-order valence-corrected chi connectivity index (χ0v) is 26.8. The highest BCUT2D eigenvalue weighted by molar-refractivity contribution is 7.92. The van der Waals surface area contributed by atoms with Gasteiger partial charge in [0, 0.05) is 22.6 Å². The maximum atomic E-state index is 14.1. The molecule has 0 aliphatic carbocycles. The summed E-state index contributed by atoms with van der Waals surface area (Å²) in [5.41, 5.74) is 1.42. The molecule has 220 valence electrons. The number of benzene rings is 3. The summed E-state index contributed by atoms with van der Waals surface area (Å²) in [4.78, 5) is 28.6. The minimum absolute atomic E-state index is 0.0252. The lowest BCUT2D eigenvalue weighted by atomic mass is 10.1. The normalized spacial score (nSPS) is 12.2. The maximum Gasteiger partial charge on any atom is 0.264 e. The number of nitrogens with zero attached hydrogens (tertiary/aromatic N) is 2. The van der Waals surface area contributed by atoms with Gasteiger partial charge in [0.25, 0.3) is 10.0 Å². The van der Waals surface area contributed by atoms with Crippen LogP contribution in [0.2, 0.25) is 20.1 Å². The highest BCUT2D eigenvalue weighted by atomic mass is 35.5. The van der Waals surface area contributed by atoms with Crippen LogP contribution in [-0.2, 0) is 26.2 Å². The molecule has 7 nitrogen and oxygen atoms in total. The Bertz CT molecular complexity index is 1510. The molecule has 0 fully saturated rings. The van der Waals surface area contributed by atoms with Gasteiger partial charge in [-0.2, -0.15) is 0 Å². The van der Waals surface area contributed by atoms with E-state index in [1.807, 2.05) is 20.8 Å². The molecule has 12 heteroatoms. The van der Waals surface area contributed by atoms with Crippen molar-refractivity contribution in [2.45, 2.75) is 57.6 Å². The fourth-order valence-corrected chi connectivity index (χ4v) is 6.51. The molecular weight excluding hydrogens is 628 g/mol. The largest absolute Gasteiger partial charge is 0.352 e. The van der Waals surface area contributed by atoms with Gasteiger partial charge >= 0.3 is 0 Å². The minimum Gasteiger partial charge on any atom is -0.352 e. The third-order valence-electron chi connectivity index (χ3n) is 6.26. The van der Waals surface area contributed by atoms with E-state index in [1.165, 1.54) is 35.2 Å². The lowest BCUT2D eigenvalue weighted by Crippen LogP contribution is -2.53. The topological polar surface area (TPSA) is 86.8 Å². The summed E-state index contributed by atoms with van der Waals surface area (Å²) in [6.07, 6.45) is 0.262. The summed E-state index contributed by atoms with van der Waals surface area (Å²) in [7, 11) is -4.30. The molecule has 0 heterocycles. The van der Waals surface area contributed by atoms with Gasteiger partial charge in [-0.05, 0) is 69.2 Å². The molecule has 3 rings (SSSR count). The predicted molar refractivity (Wildman–Crippen MR) is 167 cm³/mol. The van der Waals surface area contributed by atoms with Crippen LogP contribution in [0.25, 0.3) is 0 Å². The van der Waals surface area contributed by atoms with Gasteiger partial charge in [0.1, 0.15) is 12.6 Å². The van der Waals surface area contributed by atoms with Crippen molar-refractivity contribution >= 4 is 73.9 Å². The zero-order valence-electron chi connectivity index (χ0n) is 23.0. The number of amides is 2. The molecule has 0 aliphatic rings. The molecule has 2 amide bonds. The molecule has 0 saturated heterocycles. The highest BCUT2D eigenvalue weighted by Gasteiger charge is 2.35. The Morgan fingerprint density at radius 2 is 1.59 bits per heavy atom. The number of nitrogens with one attached hydrogen (secondary N) is 1. The Hall–Kier alpha value is -2.49. The van der Waals surface area contributed by atoms with E-state index in [0.29, 0.717) is 15.6 Å². The molecular formula is C29H31Cl4N3O4S. The molecule has 0 saturated carbocycles. The summed E-state index contributed by atoms with van der Waals surface area (Å²) < 4.78 is 28.9. The molecule has 0 spiro atoms. The fourth-order valence-electron chi connectivity index (χ4n) is 4.17. The summed E-state index contributed by atoms with van der Waals surface area (Å²) in [5, 5.41) is 3.64. The van der Waals surface area contributed by atoms with Gasteiger partial charge in [0.2, 0.25) is 11.8 Å². The van der Waals surface area contributed by atoms with Crippen LogP contribution in [0.15, 0.2) is 65.6 Å². The van der Waals surface area contributed by atoms with Crippen LogP contribution < -0.4 is 9.62 Å². The number of anilines is 1. The molecule has 41 heavy (non-hydrogen) atoms. The van der Waals surface area contributed by atoms with Crippen molar-refractivity contribution in [1.29, 1.82) is 0 Å². The molecule has 1 N–H and O–H groups in total. The molecule has 1 atom stereocenters. The molecule has 3 aromatic rings. The number of sulfonamides is 1. The van der Waals surface area contributed by atoms with Gasteiger partial charge < -0.3 is 10.2 Å². The average molecular weight is 659 g/mol. The quantitative estimate of drug-likeness (QED) is 0.237. The zero-order chi connectivity index (χ0) is 30.5. The number of aryl methyl sites for hydroxylation is 1. The van der Waals surface area contributed by atoms with Gasteiger partial charge in [-0.1, -0.05) is 83.2 Å². The number of hydrogen-bond donors (Lipinski definition) is 1. The van der Waals surface area contributed by atoms with Crippen molar-refractivity contribution in [3.63, 3.8) is 0 Å². The van der Waals surface area contributed by atoms with Gasteiger partial charge in [-0.15, -0.1) is 0 Å². The van der Waals surface area contributed by atoms with Gasteiger partial charge in [-0.3, -0.25) is 13.9 Å². The SMILES string of the molecule is CC[C@@H](C(=O)NC(C)C)N(Cc1ccc(Cl)cc1Cl)C(=O)CN(c1cccc(Cl)c1Cl)S(=O)(=O)c1ccc(C)cc1. The van der Waals surface area contributed by atoms with Crippen molar-refractivity contribution in [2.75, 3.05) is 10.8 Å². The van der Waals surface area contributed by atoms with Crippen LogP contribution in [0.4, 0.5) is 5.69 Å². The molecule has 0 unspecified atom stereocenters. The van der Waals surface area contributed by atoms with Crippen molar-refractivity contribution in [2.24, 2.45) is 0 Å². The second-order valence-electron chi connectivity index (χ2n) is 9.74. The van der Waals surface area contributed by atoms with E-state index in [0.717, 1.165) is 9.87 Å². The third-order valence-corrected chi connectivity index (χ3v) is 9.43. The number of rotatable bonds is 11. The van der Waals surface area contributed by atoms with E-state index >= 15 is 0 Å². The second kappa shape index (κ2) is 14.1. The summed E-state index contributed by atoms with van der Waals surface area (Å²) in [6, 6.07) is 14.5. The predicted octanol–water partition coefficient (Wildman–Crippen LogP) is 7.14. The Morgan fingerprint density at radius 1 is 0.927 bits per heavy atom. The Balaban J connectivity index is 2.13. The van der Waals surface area contributed by atoms with Gasteiger partial charge in [0.15, 0.2) is 0 Å². The number of hydrogen-bond acceptors (Lipinski definition) is 4. The van der Waals surface area contributed by atoms with Gasteiger partial charge in [-0.25, -0.2) is 8.42 Å². The summed E-state index contributed by atoms with van der Waals surface area (Å²) in [6.45, 7) is 6.49. The number of carbonyl (C=O) groups excluding carboxylic acids is 2. The first kappa shape index (κ1) is 33.0. The Morgan fingerprint density at radius 3 is 2.17 bits per heavy atom. The van der Waals surface area contributed by atoms with Crippen LogP contribution in [0.1, 0.15) is 38.3 Å². The first-order valence-electron chi connectivity index (χ1n) is 12.8. The average Bonchev–Trinajstić information content (AvgIpc) is 2.90. The monoisotopic (exact) mass is 657 g/mol. The third kappa shape index (κ3) is 8.08. The first-order valence-corrected chi connectivity index (χ1v) is 15.8. The smallest absolute Gasteiger partial charge is 0.264 e. The van der Waals surface area contributed by atoms with Crippen molar-refractivity contribution in [1.82, 2.24) is 10.2 Å². The van der Waals surface area contributed by atoms with E-state index in [4.69, 9.17) is 46.4 Å². The molecule has 0 radical (unpaired) electrons. The second-order valence-corrected chi connectivity index (χ2v) is 13.2. The molecule has 0 aliphatic heterocycles. The van der Waals surface area contributed by atoms with Crippen LogP contribution >= 0.6 is 46.4 Å². The first-order chi connectivity index (χ1) is 19.3. The summed E-state index contributed by atoms with van der Waals surface area (Å²) in [5.74, 6) is -1.02. The van der Waals surface area contributed by atoms with E-state index in [1.54, 1.807) is 37.3 Å². The van der Waals surface area contributed by atoms with E-state index in [2.05, 4.69) is 5.32 Å². The summed E-state index contributed by atoms with van der Waals surface area (Å²) >= 11 is 25.2. The lowest BCUT2D eigenvalue weighted by Gasteiger charge is -2.34. The van der Waals surface area contributed by atoms with Crippen molar-refractivity contribution in [3.05, 3.63) is 91.9 Å². The fraction of sp³-hybridized carbons (Fsp3) is 0.310. The number of halogens is 4. The Kier molecular flexibility index (Phi) is 11.4. The standard InChI is InChI=1S/C29H31Cl4N3O4S/c1-5-25(29(38)34-18(2)3)35(16-20-11-12-21(30)15-24(20)32)27(37)17-36(26-8-6-7-23(31)28(26)33)41(39,40)22-13-9-19(4)10-14-22/h6-15,18,25H,5,16-17H2,1-4H3,(H,34,38)/t25-/m0/s1. The molecule has 0 aromatic heterocycles. The minimum atomic E-state index is -4.30. The van der Waals surface area contributed by atoms with Crippen LogP contribution in [0.5, 0.6) is 0 Å². The molecule has 3 aromatic carbocycles. The van der Waals surface area contributed by atoms with E-state index in [-0.39, 0.29) is 45.5 Å². The van der Waals surface area contributed by atoms with Crippen molar-refractivity contribution < 1.29 is 18.0 Å². The Labute approximate surface area is 261 Å². The van der Waals surface area contributed by atoms with E-state index < -0.39 is 28.5 Å². The van der Waals surface area contributed by atoms with Crippen molar-refractivity contribution in [3.8, 4) is 0 Å². The lowest BCUT2D eigenvalue weighted by molar-refractivity contribution is -0.140. The number of carbonyl (C=O) groups is 2. The van der Waals surface area contributed by atoms with Crippen LogP contribution in [0, 0.1) is 6.92 Å². The molecule has 0 bridgehead atoms. The van der Waals surface area contributed by atoms with Crippen LogP contribution in [-0.4, -0.2) is 43.8 Å².